The van der Waals surface area contributed by atoms with Gasteiger partial charge in [0.15, 0.2) is 0 Å². The Morgan fingerprint density at radius 2 is 2.25 bits per heavy atom. The molecule has 1 atom stereocenters. The lowest BCUT2D eigenvalue weighted by molar-refractivity contribution is 0.122. The van der Waals surface area contributed by atoms with Gasteiger partial charge >= 0.3 is 6.09 Å². The summed E-state index contributed by atoms with van der Waals surface area (Å²) in [6.45, 7) is 5.72. The number of aromatic nitrogens is 3. The summed E-state index contributed by atoms with van der Waals surface area (Å²) >= 11 is 0. The van der Waals surface area contributed by atoms with Crippen molar-refractivity contribution in [3.63, 3.8) is 0 Å². The zero-order valence-electron chi connectivity index (χ0n) is 11.5. The normalized spacial score (nSPS) is 19.6. The molecule has 1 amide bonds. The van der Waals surface area contributed by atoms with Gasteiger partial charge in [-0.2, -0.15) is 0 Å². The fourth-order valence-corrected chi connectivity index (χ4v) is 2.77. The number of amides is 1. The first kappa shape index (κ1) is 12.7. The molecule has 7 heteroatoms. The Morgan fingerprint density at radius 1 is 1.45 bits per heavy atom. The third-order valence-electron chi connectivity index (χ3n) is 3.82. The van der Waals surface area contributed by atoms with Gasteiger partial charge in [0.25, 0.3) is 0 Å². The summed E-state index contributed by atoms with van der Waals surface area (Å²) in [6.07, 6.45) is 2.60. The molecule has 1 aliphatic heterocycles. The van der Waals surface area contributed by atoms with E-state index >= 15 is 0 Å². The van der Waals surface area contributed by atoms with E-state index in [1.807, 2.05) is 20.0 Å². The monoisotopic (exact) mass is 275 g/mol. The van der Waals surface area contributed by atoms with Crippen molar-refractivity contribution in [1.29, 1.82) is 0 Å². The molecule has 0 radical (unpaired) electrons. The lowest BCUT2D eigenvalue weighted by atomic mass is 10.1. The number of aryl methyl sites for hydroxylation is 1. The van der Waals surface area contributed by atoms with Crippen molar-refractivity contribution >= 4 is 22.9 Å². The molecule has 106 valence electrons. The number of hydrogen-bond donors (Lipinski definition) is 2. The van der Waals surface area contributed by atoms with Gasteiger partial charge in [-0.1, -0.05) is 0 Å². The van der Waals surface area contributed by atoms with Gasteiger partial charge in [-0.05, 0) is 19.4 Å². The molecule has 3 heterocycles. The zero-order chi connectivity index (χ0) is 14.3. The van der Waals surface area contributed by atoms with Crippen LogP contribution in [0.25, 0.3) is 11.0 Å². The summed E-state index contributed by atoms with van der Waals surface area (Å²) in [4.78, 5) is 26.5. The number of aromatic amines is 1. The van der Waals surface area contributed by atoms with Gasteiger partial charge in [-0.3, -0.25) is 0 Å². The SMILES string of the molecule is Cc1c[nH]c2ncnc(N3CCN(C(=O)O)[C@@H](C)C3)c12. The van der Waals surface area contributed by atoms with Crippen LogP contribution >= 0.6 is 0 Å². The summed E-state index contributed by atoms with van der Waals surface area (Å²) in [6, 6.07) is -0.0505. The first-order valence-corrected chi connectivity index (χ1v) is 6.61. The first-order valence-electron chi connectivity index (χ1n) is 6.61. The van der Waals surface area contributed by atoms with E-state index in [9.17, 15) is 4.79 Å². The van der Waals surface area contributed by atoms with Crippen molar-refractivity contribution in [2.24, 2.45) is 0 Å². The van der Waals surface area contributed by atoms with E-state index in [1.165, 1.54) is 4.90 Å². The van der Waals surface area contributed by atoms with Gasteiger partial charge < -0.3 is 19.9 Å². The van der Waals surface area contributed by atoms with Gasteiger partial charge in [-0.15, -0.1) is 0 Å². The summed E-state index contributed by atoms with van der Waals surface area (Å²) in [7, 11) is 0. The largest absolute Gasteiger partial charge is 0.465 e. The minimum absolute atomic E-state index is 0.0505. The van der Waals surface area contributed by atoms with Crippen LogP contribution in [0, 0.1) is 6.92 Å². The van der Waals surface area contributed by atoms with Gasteiger partial charge in [0.1, 0.15) is 17.8 Å². The molecule has 2 aromatic heterocycles. The molecule has 2 N–H and O–H groups in total. The van der Waals surface area contributed by atoms with E-state index in [4.69, 9.17) is 5.11 Å². The fourth-order valence-electron chi connectivity index (χ4n) is 2.77. The van der Waals surface area contributed by atoms with Crippen molar-refractivity contribution in [2.75, 3.05) is 24.5 Å². The minimum atomic E-state index is -0.859. The molecule has 0 aromatic carbocycles. The van der Waals surface area contributed by atoms with Gasteiger partial charge in [-0.25, -0.2) is 14.8 Å². The number of nitrogens with zero attached hydrogens (tertiary/aromatic N) is 4. The summed E-state index contributed by atoms with van der Waals surface area (Å²) in [5.41, 5.74) is 1.92. The molecule has 20 heavy (non-hydrogen) atoms. The van der Waals surface area contributed by atoms with Crippen LogP contribution in [0.1, 0.15) is 12.5 Å². The quantitative estimate of drug-likeness (QED) is 0.823. The maximum atomic E-state index is 11.1. The number of H-pyrrole nitrogens is 1. The van der Waals surface area contributed by atoms with E-state index in [1.54, 1.807) is 6.33 Å². The summed E-state index contributed by atoms with van der Waals surface area (Å²) < 4.78 is 0. The minimum Gasteiger partial charge on any atom is -0.465 e. The highest BCUT2D eigenvalue weighted by atomic mass is 16.4. The summed E-state index contributed by atoms with van der Waals surface area (Å²) in [5.74, 6) is 0.880. The Kier molecular flexibility index (Phi) is 2.96. The van der Waals surface area contributed by atoms with Gasteiger partial charge in [0.2, 0.25) is 0 Å². The zero-order valence-corrected chi connectivity index (χ0v) is 11.5. The van der Waals surface area contributed by atoms with Crippen LogP contribution in [-0.2, 0) is 0 Å². The molecular formula is C13H17N5O2. The third-order valence-corrected chi connectivity index (χ3v) is 3.82. The molecule has 3 rings (SSSR count). The number of fused-ring (bicyclic) bond motifs is 1. The number of carboxylic acid groups (broad SMARTS) is 1. The number of hydrogen-bond acceptors (Lipinski definition) is 4. The second-order valence-corrected chi connectivity index (χ2v) is 5.16. The molecule has 1 fully saturated rings. The highest BCUT2D eigenvalue weighted by Crippen LogP contribution is 2.27. The molecule has 0 saturated carbocycles. The molecule has 1 saturated heterocycles. The van der Waals surface area contributed by atoms with Crippen molar-refractivity contribution in [3.8, 4) is 0 Å². The molecule has 7 nitrogen and oxygen atoms in total. The lowest BCUT2D eigenvalue weighted by Gasteiger charge is -2.39. The molecule has 1 aliphatic rings. The average molecular weight is 275 g/mol. The van der Waals surface area contributed by atoms with E-state index in [2.05, 4.69) is 19.9 Å². The smallest absolute Gasteiger partial charge is 0.407 e. The van der Waals surface area contributed by atoms with Crippen LogP contribution < -0.4 is 4.90 Å². The first-order chi connectivity index (χ1) is 9.58. The molecule has 2 aromatic rings. The van der Waals surface area contributed by atoms with Crippen LogP contribution in [-0.4, -0.2) is 56.7 Å². The summed E-state index contributed by atoms with van der Waals surface area (Å²) in [5, 5.41) is 10.1. The topological polar surface area (TPSA) is 85.4 Å². The van der Waals surface area contributed by atoms with Crippen molar-refractivity contribution in [1.82, 2.24) is 19.9 Å². The Bertz CT molecular complexity index is 653. The van der Waals surface area contributed by atoms with Crippen molar-refractivity contribution in [2.45, 2.75) is 19.9 Å². The van der Waals surface area contributed by atoms with Gasteiger partial charge in [0, 0.05) is 31.9 Å². The number of rotatable bonds is 1. The predicted octanol–water partition coefficient (Wildman–Crippen LogP) is 1.45. The van der Waals surface area contributed by atoms with E-state index < -0.39 is 6.09 Å². The second kappa shape index (κ2) is 4.66. The van der Waals surface area contributed by atoms with Crippen LogP contribution in [0.2, 0.25) is 0 Å². The van der Waals surface area contributed by atoms with E-state index in [0.29, 0.717) is 19.6 Å². The second-order valence-electron chi connectivity index (χ2n) is 5.16. The third kappa shape index (κ3) is 1.95. The van der Waals surface area contributed by atoms with E-state index in [0.717, 1.165) is 22.4 Å². The molecule has 0 spiro atoms. The molecule has 0 unspecified atom stereocenters. The standard InChI is InChI=1S/C13H17N5O2/c1-8-5-14-11-10(8)12(16-7-15-11)17-3-4-18(13(19)20)9(2)6-17/h5,7,9H,3-4,6H2,1-2H3,(H,19,20)(H,14,15,16)/t9-/m0/s1. The molecule has 0 bridgehead atoms. The lowest BCUT2D eigenvalue weighted by Crippen LogP contribution is -2.54. The Balaban J connectivity index is 1.93. The number of carbonyl (C=O) groups is 1. The maximum Gasteiger partial charge on any atom is 0.407 e. The molecular weight excluding hydrogens is 258 g/mol. The van der Waals surface area contributed by atoms with Crippen molar-refractivity contribution < 1.29 is 9.90 Å². The Labute approximate surface area is 116 Å². The highest BCUT2D eigenvalue weighted by Gasteiger charge is 2.28. The predicted molar refractivity (Wildman–Crippen MR) is 75.0 cm³/mol. The van der Waals surface area contributed by atoms with Crippen molar-refractivity contribution in [3.05, 3.63) is 18.1 Å². The Hall–Kier alpha value is -2.31. The van der Waals surface area contributed by atoms with Crippen LogP contribution in [0.3, 0.4) is 0 Å². The van der Waals surface area contributed by atoms with Gasteiger partial charge in [0.05, 0.1) is 5.39 Å². The number of piperazine rings is 1. The number of anilines is 1. The number of nitrogens with one attached hydrogen (secondary N) is 1. The maximum absolute atomic E-state index is 11.1. The average Bonchev–Trinajstić information content (AvgIpc) is 2.80. The Morgan fingerprint density at radius 3 is 2.95 bits per heavy atom. The van der Waals surface area contributed by atoms with Crippen LogP contribution in [0.4, 0.5) is 10.6 Å². The van der Waals surface area contributed by atoms with Crippen LogP contribution in [0.15, 0.2) is 12.5 Å². The van der Waals surface area contributed by atoms with E-state index in [-0.39, 0.29) is 6.04 Å². The fraction of sp³-hybridized carbons (Fsp3) is 0.462. The molecule has 0 aliphatic carbocycles. The highest BCUT2D eigenvalue weighted by molar-refractivity contribution is 5.90. The van der Waals surface area contributed by atoms with Crippen LogP contribution in [0.5, 0.6) is 0 Å².